The van der Waals surface area contributed by atoms with E-state index < -0.39 is 0 Å². The van der Waals surface area contributed by atoms with E-state index in [1.807, 2.05) is 16.8 Å². The summed E-state index contributed by atoms with van der Waals surface area (Å²) >= 11 is 2.72. The molecule has 0 aliphatic carbocycles. The number of rotatable bonds is 6. The summed E-state index contributed by atoms with van der Waals surface area (Å²) in [6.45, 7) is 4.92. The van der Waals surface area contributed by atoms with Gasteiger partial charge in [0.05, 0.1) is 17.0 Å². The van der Waals surface area contributed by atoms with Gasteiger partial charge in [-0.2, -0.15) is 0 Å². The van der Waals surface area contributed by atoms with Crippen LogP contribution < -0.4 is 16.0 Å². The molecule has 3 rings (SSSR count). The van der Waals surface area contributed by atoms with Crippen molar-refractivity contribution in [2.24, 2.45) is 5.41 Å². The van der Waals surface area contributed by atoms with Gasteiger partial charge < -0.3 is 10.6 Å². The summed E-state index contributed by atoms with van der Waals surface area (Å²) in [5.74, 6) is -0.194. The van der Waals surface area contributed by atoms with Gasteiger partial charge in [0.2, 0.25) is 5.91 Å². The third-order valence-electron chi connectivity index (χ3n) is 4.38. The van der Waals surface area contributed by atoms with Crippen LogP contribution in [-0.2, 0) is 11.2 Å². The average molecular weight is 451 g/mol. The molecular weight excluding hydrogens is 427 g/mol. The molecule has 2 amide bonds. The minimum atomic E-state index is -0.167. The van der Waals surface area contributed by atoms with Crippen molar-refractivity contribution < 1.29 is 9.59 Å². The molecule has 1 aliphatic rings. The van der Waals surface area contributed by atoms with Crippen LogP contribution in [0.5, 0.6) is 0 Å². The number of hydrogen-bond acceptors (Lipinski definition) is 6. The van der Waals surface area contributed by atoms with Gasteiger partial charge in [-0.25, -0.2) is 4.98 Å². The Morgan fingerprint density at radius 2 is 2.00 bits per heavy atom. The molecule has 150 valence electrons. The first-order valence-corrected chi connectivity index (χ1v) is 10.1. The van der Waals surface area contributed by atoms with E-state index in [0.29, 0.717) is 22.2 Å². The summed E-state index contributed by atoms with van der Waals surface area (Å²) in [5.41, 5.74) is 0.850. The maximum absolute atomic E-state index is 12.2. The Morgan fingerprint density at radius 1 is 1.26 bits per heavy atom. The highest BCUT2D eigenvalue weighted by atomic mass is 35.5. The van der Waals surface area contributed by atoms with Crippen molar-refractivity contribution in [1.82, 2.24) is 15.6 Å². The van der Waals surface area contributed by atoms with Gasteiger partial charge in [0, 0.05) is 11.9 Å². The highest BCUT2D eigenvalue weighted by Gasteiger charge is 2.27. The van der Waals surface area contributed by atoms with E-state index in [1.54, 1.807) is 6.07 Å². The zero-order valence-corrected chi connectivity index (χ0v) is 18.2. The van der Waals surface area contributed by atoms with Crippen molar-refractivity contribution in [3.63, 3.8) is 0 Å². The Labute approximate surface area is 179 Å². The van der Waals surface area contributed by atoms with E-state index in [0.717, 1.165) is 25.9 Å². The third-order valence-corrected chi connectivity index (χ3v) is 6.06. The molecule has 0 saturated carbocycles. The second-order valence-electron chi connectivity index (χ2n) is 6.59. The fourth-order valence-corrected chi connectivity index (χ4v) is 4.08. The number of piperidine rings is 1. The zero-order valence-electron chi connectivity index (χ0n) is 14.9. The summed E-state index contributed by atoms with van der Waals surface area (Å²) < 4.78 is 0. The van der Waals surface area contributed by atoms with E-state index in [9.17, 15) is 9.59 Å². The Balaban J connectivity index is 0.00000182. The Hall–Kier alpha value is -1.19. The molecule has 0 radical (unpaired) electrons. The van der Waals surface area contributed by atoms with Gasteiger partial charge in [0.15, 0.2) is 5.13 Å². The highest BCUT2D eigenvalue weighted by Crippen LogP contribution is 2.26. The summed E-state index contributed by atoms with van der Waals surface area (Å²) in [6.07, 6.45) is 2.38. The van der Waals surface area contributed by atoms with Gasteiger partial charge in [0.25, 0.3) is 5.91 Å². The molecule has 0 atom stereocenters. The van der Waals surface area contributed by atoms with E-state index in [-0.39, 0.29) is 48.5 Å². The number of nitrogens with one attached hydrogen (secondary N) is 3. The number of hydrogen-bond donors (Lipinski definition) is 3. The molecule has 0 bridgehead atoms. The van der Waals surface area contributed by atoms with Crippen molar-refractivity contribution in [2.45, 2.75) is 26.2 Å². The number of amides is 2. The molecule has 2 aromatic heterocycles. The largest absolute Gasteiger partial charge is 0.355 e. The SMILES string of the molecule is CC1(CNC(=O)Cc2csc(NC(=O)c3cccs3)n2)CCNCC1.Cl.Cl. The van der Waals surface area contributed by atoms with Crippen LogP contribution in [0, 0.1) is 5.41 Å². The molecule has 6 nitrogen and oxygen atoms in total. The predicted octanol–water partition coefficient (Wildman–Crippen LogP) is 3.35. The topological polar surface area (TPSA) is 83.1 Å². The molecule has 10 heteroatoms. The standard InChI is InChI=1S/C17H22N4O2S2.2ClH/c1-17(4-6-18-7-5-17)11-19-14(22)9-12-10-25-16(20-12)21-15(23)13-3-2-8-24-13;;/h2-3,8,10,18H,4-7,9,11H2,1H3,(H,19,22)(H,20,21,23);2*1H. The van der Waals surface area contributed by atoms with Crippen LogP contribution in [0.1, 0.15) is 35.1 Å². The summed E-state index contributed by atoms with van der Waals surface area (Å²) in [7, 11) is 0. The van der Waals surface area contributed by atoms with Crippen LogP contribution in [0.15, 0.2) is 22.9 Å². The van der Waals surface area contributed by atoms with Crippen LogP contribution in [-0.4, -0.2) is 36.4 Å². The Bertz CT molecular complexity index is 731. The molecule has 3 heterocycles. The monoisotopic (exact) mass is 450 g/mol. The number of carbonyl (C=O) groups excluding carboxylic acids is 2. The number of halogens is 2. The van der Waals surface area contributed by atoms with Crippen LogP contribution in [0.25, 0.3) is 0 Å². The minimum absolute atomic E-state index is 0. The van der Waals surface area contributed by atoms with Crippen molar-refractivity contribution in [3.8, 4) is 0 Å². The molecule has 1 saturated heterocycles. The van der Waals surface area contributed by atoms with Gasteiger partial charge in [-0.3, -0.25) is 14.9 Å². The number of nitrogens with zero attached hydrogens (tertiary/aromatic N) is 1. The van der Waals surface area contributed by atoms with Gasteiger partial charge in [-0.05, 0) is 42.8 Å². The molecule has 0 spiro atoms. The Morgan fingerprint density at radius 3 is 2.67 bits per heavy atom. The first-order valence-electron chi connectivity index (χ1n) is 8.31. The third kappa shape index (κ3) is 7.04. The van der Waals surface area contributed by atoms with Crippen LogP contribution >= 0.6 is 47.5 Å². The van der Waals surface area contributed by atoms with Gasteiger partial charge in [0.1, 0.15) is 0 Å². The van der Waals surface area contributed by atoms with E-state index in [4.69, 9.17) is 0 Å². The van der Waals surface area contributed by atoms with Gasteiger partial charge in [-0.15, -0.1) is 47.5 Å². The van der Waals surface area contributed by atoms with Crippen LogP contribution in [0.2, 0.25) is 0 Å². The number of thiophene rings is 1. The van der Waals surface area contributed by atoms with Crippen LogP contribution in [0.3, 0.4) is 0 Å². The molecular formula is C17H24Cl2N4O2S2. The molecule has 2 aromatic rings. The maximum Gasteiger partial charge on any atom is 0.267 e. The molecule has 0 unspecified atom stereocenters. The van der Waals surface area contributed by atoms with Crippen molar-refractivity contribution in [3.05, 3.63) is 33.5 Å². The van der Waals surface area contributed by atoms with Crippen molar-refractivity contribution in [1.29, 1.82) is 0 Å². The molecule has 1 aliphatic heterocycles. The fourth-order valence-electron chi connectivity index (χ4n) is 2.76. The molecule has 3 N–H and O–H groups in total. The second kappa shape index (κ2) is 11.0. The quantitative estimate of drug-likeness (QED) is 0.629. The average Bonchev–Trinajstić information content (AvgIpc) is 3.26. The second-order valence-corrected chi connectivity index (χ2v) is 8.40. The molecule has 1 fully saturated rings. The normalized spacial score (nSPS) is 15.1. The summed E-state index contributed by atoms with van der Waals surface area (Å²) in [6, 6.07) is 3.60. The van der Waals surface area contributed by atoms with E-state index in [1.165, 1.54) is 22.7 Å². The molecule has 0 aromatic carbocycles. The first kappa shape index (κ1) is 23.8. The number of carbonyl (C=O) groups is 2. The lowest BCUT2D eigenvalue weighted by atomic mass is 9.81. The number of aromatic nitrogens is 1. The van der Waals surface area contributed by atoms with E-state index >= 15 is 0 Å². The lowest BCUT2D eigenvalue weighted by molar-refractivity contribution is -0.121. The zero-order chi connectivity index (χ0) is 17.7. The number of anilines is 1. The maximum atomic E-state index is 12.2. The minimum Gasteiger partial charge on any atom is -0.355 e. The highest BCUT2D eigenvalue weighted by molar-refractivity contribution is 7.14. The lowest BCUT2D eigenvalue weighted by Gasteiger charge is -2.34. The lowest BCUT2D eigenvalue weighted by Crippen LogP contribution is -2.43. The van der Waals surface area contributed by atoms with Crippen molar-refractivity contribution >= 4 is 64.4 Å². The predicted molar refractivity (Wildman–Crippen MR) is 116 cm³/mol. The first-order chi connectivity index (χ1) is 12.0. The fraction of sp³-hybridized carbons (Fsp3) is 0.471. The smallest absolute Gasteiger partial charge is 0.267 e. The summed E-state index contributed by atoms with van der Waals surface area (Å²) in [4.78, 5) is 29.1. The summed E-state index contributed by atoms with van der Waals surface area (Å²) in [5, 5.41) is 13.3. The van der Waals surface area contributed by atoms with E-state index in [2.05, 4.69) is 27.9 Å². The van der Waals surface area contributed by atoms with Gasteiger partial charge in [-0.1, -0.05) is 13.0 Å². The molecule has 27 heavy (non-hydrogen) atoms. The van der Waals surface area contributed by atoms with Crippen molar-refractivity contribution in [2.75, 3.05) is 25.0 Å². The van der Waals surface area contributed by atoms with Gasteiger partial charge >= 0.3 is 0 Å². The number of thiazole rings is 1. The van der Waals surface area contributed by atoms with Crippen LogP contribution in [0.4, 0.5) is 5.13 Å². The Kier molecular flexibility index (Phi) is 9.69.